The van der Waals surface area contributed by atoms with Gasteiger partial charge in [-0.1, -0.05) is 12.1 Å². The van der Waals surface area contributed by atoms with Crippen LogP contribution in [0.1, 0.15) is 40.2 Å². The van der Waals surface area contributed by atoms with Crippen molar-refractivity contribution in [2.75, 3.05) is 13.7 Å². The predicted octanol–water partition coefficient (Wildman–Crippen LogP) is 3.14. The molecule has 0 saturated carbocycles. The molecule has 0 radical (unpaired) electrons. The van der Waals surface area contributed by atoms with Crippen molar-refractivity contribution < 1.29 is 19.1 Å². The number of ether oxygens (including phenoxy) is 2. The molecule has 1 aromatic heterocycles. The van der Waals surface area contributed by atoms with Crippen LogP contribution in [0.15, 0.2) is 24.4 Å². The molecule has 0 aliphatic heterocycles. The van der Waals surface area contributed by atoms with E-state index in [0.29, 0.717) is 12.2 Å². The summed E-state index contributed by atoms with van der Waals surface area (Å²) in [6, 6.07) is 5.68. The largest absolute Gasteiger partial charge is 0.482 e. The fourth-order valence-electron chi connectivity index (χ4n) is 2.77. The molecule has 1 heterocycles. The third-order valence-corrected chi connectivity index (χ3v) is 3.87. The highest BCUT2D eigenvalue weighted by Gasteiger charge is 2.26. The summed E-state index contributed by atoms with van der Waals surface area (Å²) in [5.41, 5.74) is 0.815. The highest BCUT2D eigenvalue weighted by molar-refractivity contribution is 5.89. The molecule has 0 saturated heterocycles. The molecule has 2 amide bonds. The van der Waals surface area contributed by atoms with Crippen LogP contribution in [0.3, 0.4) is 0 Å². The molecule has 0 spiro atoms. The van der Waals surface area contributed by atoms with E-state index in [9.17, 15) is 9.59 Å². The number of likely N-dealkylation sites (N-methyl/N-ethyl adjacent to an activating group) is 1. The van der Waals surface area contributed by atoms with Gasteiger partial charge in [0.25, 0.3) is 5.91 Å². The second-order valence-electron chi connectivity index (χ2n) is 8.14. The summed E-state index contributed by atoms with van der Waals surface area (Å²) in [5.74, 6) is 0.418. The molecule has 2 aromatic rings. The van der Waals surface area contributed by atoms with Crippen molar-refractivity contribution in [3.05, 3.63) is 30.0 Å². The Balaban J connectivity index is 2.14. The summed E-state index contributed by atoms with van der Waals surface area (Å²) in [6.45, 7) is 9.35. The normalized spacial score (nSPS) is 11.9. The first-order valence-corrected chi connectivity index (χ1v) is 8.94. The maximum atomic E-state index is 12.1. The van der Waals surface area contributed by atoms with Crippen LogP contribution in [0.5, 0.6) is 5.75 Å². The Morgan fingerprint density at radius 1 is 1.15 bits per heavy atom. The molecule has 0 bridgehead atoms. The van der Waals surface area contributed by atoms with Crippen LogP contribution in [0.25, 0.3) is 10.9 Å². The summed E-state index contributed by atoms with van der Waals surface area (Å²) in [5, 5.41) is 6.44. The lowest BCUT2D eigenvalue weighted by Gasteiger charge is -2.28. The molecule has 1 aromatic carbocycles. The molecule has 0 fully saturated rings. The molecule has 3 N–H and O–H groups in total. The number of hydrogen-bond donors (Lipinski definition) is 3. The highest BCUT2D eigenvalue weighted by atomic mass is 16.6. The number of hydrogen-bond acceptors (Lipinski definition) is 4. The molecule has 0 aliphatic carbocycles. The minimum absolute atomic E-state index is 0.0460. The smallest absolute Gasteiger partial charge is 0.408 e. The van der Waals surface area contributed by atoms with Crippen molar-refractivity contribution in [2.45, 2.75) is 52.2 Å². The van der Waals surface area contributed by atoms with Gasteiger partial charge in [-0.15, -0.1) is 0 Å². The summed E-state index contributed by atoms with van der Waals surface area (Å²) in [6.07, 6.45) is 2.06. The number of carbonyl (C=O) groups excluding carboxylic acids is 2. The van der Waals surface area contributed by atoms with Gasteiger partial charge in [-0.3, -0.25) is 4.79 Å². The Morgan fingerprint density at radius 2 is 1.85 bits per heavy atom. The Morgan fingerprint density at radius 3 is 2.48 bits per heavy atom. The van der Waals surface area contributed by atoms with Gasteiger partial charge in [0, 0.05) is 24.2 Å². The first-order valence-electron chi connectivity index (χ1n) is 8.94. The van der Waals surface area contributed by atoms with Crippen molar-refractivity contribution >= 4 is 22.9 Å². The van der Waals surface area contributed by atoms with Gasteiger partial charge in [0.15, 0.2) is 6.61 Å². The van der Waals surface area contributed by atoms with Gasteiger partial charge in [-0.2, -0.15) is 0 Å². The summed E-state index contributed by atoms with van der Waals surface area (Å²) < 4.78 is 11.0. The van der Waals surface area contributed by atoms with Crippen LogP contribution in [0, 0.1) is 0 Å². The van der Waals surface area contributed by atoms with Gasteiger partial charge in [-0.05, 0) is 52.7 Å². The monoisotopic (exact) mass is 375 g/mol. The average molecular weight is 375 g/mol. The van der Waals surface area contributed by atoms with Gasteiger partial charge in [-0.25, -0.2) is 4.79 Å². The second kappa shape index (κ2) is 7.90. The third kappa shape index (κ3) is 5.91. The molecular formula is C20H29N3O4. The van der Waals surface area contributed by atoms with E-state index >= 15 is 0 Å². The van der Waals surface area contributed by atoms with E-state index in [1.807, 2.05) is 59.0 Å². The van der Waals surface area contributed by atoms with E-state index < -0.39 is 17.2 Å². The lowest BCUT2D eigenvalue weighted by atomic mass is 9.95. The standard InChI is InChI=1S/C20H29N3O4/c1-19(2,3)27-18(25)23-20(4,5)10-13-11-22-17-14(13)8-7-9-15(17)26-12-16(24)21-6/h7-9,11,22H,10,12H2,1-6H3,(H,21,24)(H,23,25). The fourth-order valence-corrected chi connectivity index (χ4v) is 2.77. The van der Waals surface area contributed by atoms with Gasteiger partial charge in [0.2, 0.25) is 0 Å². The summed E-state index contributed by atoms with van der Waals surface area (Å²) in [4.78, 5) is 26.7. The van der Waals surface area contributed by atoms with Gasteiger partial charge in [0.05, 0.1) is 5.52 Å². The van der Waals surface area contributed by atoms with E-state index in [4.69, 9.17) is 9.47 Å². The zero-order valence-electron chi connectivity index (χ0n) is 16.9. The van der Waals surface area contributed by atoms with E-state index in [0.717, 1.165) is 16.5 Å². The number of para-hydroxylation sites is 1. The number of fused-ring (bicyclic) bond motifs is 1. The summed E-state index contributed by atoms with van der Waals surface area (Å²) in [7, 11) is 1.57. The number of rotatable bonds is 6. The van der Waals surface area contributed by atoms with E-state index in [-0.39, 0.29) is 12.5 Å². The van der Waals surface area contributed by atoms with Crippen LogP contribution in [0.2, 0.25) is 0 Å². The maximum Gasteiger partial charge on any atom is 0.408 e. The zero-order chi connectivity index (χ0) is 20.2. The van der Waals surface area contributed by atoms with Gasteiger partial charge in [0.1, 0.15) is 11.4 Å². The molecule has 0 unspecified atom stereocenters. The molecule has 27 heavy (non-hydrogen) atoms. The predicted molar refractivity (Wildman–Crippen MR) is 105 cm³/mol. The third-order valence-electron chi connectivity index (χ3n) is 3.87. The van der Waals surface area contributed by atoms with Crippen LogP contribution < -0.4 is 15.4 Å². The van der Waals surface area contributed by atoms with Crippen molar-refractivity contribution in [1.82, 2.24) is 15.6 Å². The molecular weight excluding hydrogens is 346 g/mol. The van der Waals surface area contributed by atoms with E-state index in [1.54, 1.807) is 7.05 Å². The average Bonchev–Trinajstić information content (AvgIpc) is 2.93. The Bertz CT molecular complexity index is 818. The maximum absolute atomic E-state index is 12.1. The number of carbonyl (C=O) groups is 2. The second-order valence-corrected chi connectivity index (χ2v) is 8.14. The molecule has 2 rings (SSSR count). The van der Waals surface area contributed by atoms with Crippen LogP contribution >= 0.6 is 0 Å². The van der Waals surface area contributed by atoms with Crippen molar-refractivity contribution in [3.63, 3.8) is 0 Å². The lowest BCUT2D eigenvalue weighted by Crippen LogP contribution is -2.47. The van der Waals surface area contributed by atoms with E-state index in [1.165, 1.54) is 0 Å². The molecule has 7 heteroatoms. The zero-order valence-corrected chi connectivity index (χ0v) is 16.9. The molecule has 0 atom stereocenters. The quantitative estimate of drug-likeness (QED) is 0.723. The Labute approximate surface area is 159 Å². The minimum Gasteiger partial charge on any atom is -0.482 e. The SMILES string of the molecule is CNC(=O)COc1cccc2c(CC(C)(C)NC(=O)OC(C)(C)C)c[nH]c12. The van der Waals surface area contributed by atoms with Crippen molar-refractivity contribution in [2.24, 2.45) is 0 Å². The van der Waals surface area contributed by atoms with Gasteiger partial charge >= 0.3 is 6.09 Å². The van der Waals surface area contributed by atoms with Gasteiger partial charge < -0.3 is 25.1 Å². The first kappa shape index (κ1) is 20.6. The number of aromatic amines is 1. The number of aromatic nitrogens is 1. The number of alkyl carbamates (subject to hydrolysis) is 1. The highest BCUT2D eigenvalue weighted by Crippen LogP contribution is 2.29. The fraction of sp³-hybridized carbons (Fsp3) is 0.500. The van der Waals surface area contributed by atoms with Crippen LogP contribution in [-0.2, 0) is 16.0 Å². The van der Waals surface area contributed by atoms with E-state index in [2.05, 4.69) is 15.6 Å². The number of amides is 2. The molecule has 0 aliphatic rings. The van der Waals surface area contributed by atoms with Crippen LogP contribution in [0.4, 0.5) is 4.79 Å². The number of benzene rings is 1. The lowest BCUT2D eigenvalue weighted by molar-refractivity contribution is -0.122. The van der Waals surface area contributed by atoms with Crippen LogP contribution in [-0.4, -0.2) is 41.8 Å². The summed E-state index contributed by atoms with van der Waals surface area (Å²) >= 11 is 0. The van der Waals surface area contributed by atoms with Crippen molar-refractivity contribution in [3.8, 4) is 5.75 Å². The number of nitrogens with one attached hydrogen (secondary N) is 3. The number of H-pyrrole nitrogens is 1. The minimum atomic E-state index is -0.544. The Hall–Kier alpha value is -2.70. The van der Waals surface area contributed by atoms with Crippen molar-refractivity contribution in [1.29, 1.82) is 0 Å². The first-order chi connectivity index (χ1) is 12.5. The topological polar surface area (TPSA) is 92.5 Å². The Kier molecular flexibility index (Phi) is 6.03. The molecule has 7 nitrogen and oxygen atoms in total. The molecule has 148 valence electrons.